The van der Waals surface area contributed by atoms with Crippen molar-refractivity contribution >= 4 is 28.3 Å². The molecule has 168 valence electrons. The molecular formula is C26H27N5O2. The van der Waals surface area contributed by atoms with E-state index >= 15 is 0 Å². The molecule has 2 fully saturated rings. The molecule has 1 atom stereocenters. The van der Waals surface area contributed by atoms with Crippen LogP contribution in [0.2, 0.25) is 0 Å². The maximum absolute atomic E-state index is 13.2. The maximum Gasteiger partial charge on any atom is 0.227 e. The van der Waals surface area contributed by atoms with E-state index in [0.717, 1.165) is 53.9 Å². The van der Waals surface area contributed by atoms with Crippen LogP contribution in [0.25, 0.3) is 10.9 Å². The van der Waals surface area contributed by atoms with Crippen LogP contribution >= 0.6 is 0 Å². The lowest BCUT2D eigenvalue weighted by Gasteiger charge is -2.37. The first-order chi connectivity index (χ1) is 16.1. The van der Waals surface area contributed by atoms with E-state index in [0.29, 0.717) is 17.6 Å². The third-order valence-electron chi connectivity index (χ3n) is 6.61. The number of rotatable bonds is 5. The highest BCUT2D eigenvalue weighted by molar-refractivity contribution is 5.93. The lowest BCUT2D eigenvalue weighted by Crippen LogP contribution is -2.52. The zero-order chi connectivity index (χ0) is 22.8. The Labute approximate surface area is 193 Å². The van der Waals surface area contributed by atoms with Crippen molar-refractivity contribution in [2.75, 3.05) is 38.6 Å². The summed E-state index contributed by atoms with van der Waals surface area (Å²) in [7, 11) is 1.62. The van der Waals surface area contributed by atoms with E-state index in [1.165, 1.54) is 19.2 Å². The second-order valence-corrected chi connectivity index (χ2v) is 8.60. The van der Waals surface area contributed by atoms with Crippen molar-refractivity contribution in [2.24, 2.45) is 0 Å². The number of carbonyl (C=O) groups is 1. The molecule has 1 aromatic heterocycles. The van der Waals surface area contributed by atoms with Gasteiger partial charge in [-0.3, -0.25) is 9.69 Å². The Hall–Kier alpha value is -3.63. The molecule has 7 heteroatoms. The standard InChI is InChI=1S/C26H27N5O2/c1-3-18-6-4-7-20(12-18)29-26-22-13-19(24(33-2)15-23(22)27-17-28-26)14-25(32)31-11-10-30-9-5-8-21(30)16-31/h1,4,6-7,12-13,15,17,21H,5,8-11,14,16H2,2H3,(H,27,28,29). The second-order valence-electron chi connectivity index (χ2n) is 8.60. The number of carbonyl (C=O) groups excluding carboxylic acids is 1. The monoisotopic (exact) mass is 441 g/mol. The van der Waals surface area contributed by atoms with Crippen molar-refractivity contribution in [2.45, 2.75) is 25.3 Å². The Morgan fingerprint density at radius 2 is 2.15 bits per heavy atom. The minimum absolute atomic E-state index is 0.132. The zero-order valence-corrected chi connectivity index (χ0v) is 18.8. The lowest BCUT2D eigenvalue weighted by atomic mass is 10.0. The smallest absolute Gasteiger partial charge is 0.227 e. The Bertz CT molecular complexity index is 1240. The van der Waals surface area contributed by atoms with Crippen LogP contribution in [0.4, 0.5) is 11.5 Å². The SMILES string of the molecule is C#Cc1cccc(Nc2ncnc3cc(OC)c(CC(=O)N4CCN5CCCC5C4)cc23)c1. The van der Waals surface area contributed by atoms with Gasteiger partial charge in [0.1, 0.15) is 17.9 Å². The Morgan fingerprint density at radius 3 is 3.00 bits per heavy atom. The molecular weight excluding hydrogens is 414 g/mol. The zero-order valence-electron chi connectivity index (χ0n) is 18.8. The molecule has 1 N–H and O–H groups in total. The Balaban J connectivity index is 1.42. The van der Waals surface area contributed by atoms with Crippen LogP contribution < -0.4 is 10.1 Å². The lowest BCUT2D eigenvalue weighted by molar-refractivity contribution is -0.133. The van der Waals surface area contributed by atoms with Crippen molar-refractivity contribution in [1.82, 2.24) is 19.8 Å². The van der Waals surface area contributed by atoms with Gasteiger partial charge < -0.3 is 15.0 Å². The fourth-order valence-electron chi connectivity index (χ4n) is 4.87. The van der Waals surface area contributed by atoms with Crippen molar-refractivity contribution in [3.8, 4) is 18.1 Å². The van der Waals surface area contributed by atoms with Gasteiger partial charge in [0, 0.05) is 53.9 Å². The van der Waals surface area contributed by atoms with Crippen molar-refractivity contribution in [3.63, 3.8) is 0 Å². The summed E-state index contributed by atoms with van der Waals surface area (Å²) in [5.74, 6) is 4.10. The molecule has 7 nitrogen and oxygen atoms in total. The molecule has 5 rings (SSSR count). The normalized spacial score (nSPS) is 18.1. The van der Waals surface area contributed by atoms with Gasteiger partial charge in [-0.25, -0.2) is 9.97 Å². The van der Waals surface area contributed by atoms with Crippen LogP contribution in [0, 0.1) is 12.3 Å². The number of nitrogens with zero attached hydrogens (tertiary/aromatic N) is 4. The molecule has 3 aromatic rings. The van der Waals surface area contributed by atoms with E-state index < -0.39 is 0 Å². The van der Waals surface area contributed by atoms with Crippen LogP contribution in [0.1, 0.15) is 24.0 Å². The van der Waals surface area contributed by atoms with Crippen molar-refractivity contribution in [3.05, 3.63) is 53.9 Å². The van der Waals surface area contributed by atoms with Crippen LogP contribution in [0.3, 0.4) is 0 Å². The van der Waals surface area contributed by atoms with Gasteiger partial charge in [0.2, 0.25) is 5.91 Å². The predicted octanol–water partition coefficient (Wildman–Crippen LogP) is 3.21. The highest BCUT2D eigenvalue weighted by Crippen LogP contribution is 2.31. The average Bonchev–Trinajstić information content (AvgIpc) is 3.32. The van der Waals surface area contributed by atoms with Crippen molar-refractivity contribution < 1.29 is 9.53 Å². The van der Waals surface area contributed by atoms with Gasteiger partial charge in [0.15, 0.2) is 0 Å². The summed E-state index contributed by atoms with van der Waals surface area (Å²) in [5.41, 5.74) is 3.20. The summed E-state index contributed by atoms with van der Waals surface area (Å²) in [6.07, 6.45) is 9.74. The molecule has 0 aliphatic carbocycles. The average molecular weight is 442 g/mol. The van der Waals surface area contributed by atoms with E-state index in [1.54, 1.807) is 7.11 Å². The van der Waals surface area contributed by atoms with E-state index in [1.807, 2.05) is 41.3 Å². The number of nitrogens with one attached hydrogen (secondary N) is 1. The van der Waals surface area contributed by atoms with Crippen molar-refractivity contribution in [1.29, 1.82) is 0 Å². The minimum atomic E-state index is 0.132. The van der Waals surface area contributed by atoms with E-state index in [4.69, 9.17) is 11.2 Å². The minimum Gasteiger partial charge on any atom is -0.496 e. The number of methoxy groups -OCH3 is 1. The number of piperazine rings is 1. The first-order valence-electron chi connectivity index (χ1n) is 11.3. The molecule has 1 amide bonds. The van der Waals surface area contributed by atoms with Gasteiger partial charge in [-0.15, -0.1) is 6.42 Å². The molecule has 2 aliphatic rings. The number of hydrogen-bond donors (Lipinski definition) is 1. The highest BCUT2D eigenvalue weighted by atomic mass is 16.5. The molecule has 3 heterocycles. The maximum atomic E-state index is 13.2. The number of amides is 1. The first-order valence-corrected chi connectivity index (χ1v) is 11.3. The molecule has 0 spiro atoms. The summed E-state index contributed by atoms with van der Waals surface area (Å²) in [4.78, 5) is 26.6. The largest absolute Gasteiger partial charge is 0.496 e. The second kappa shape index (κ2) is 9.08. The predicted molar refractivity (Wildman–Crippen MR) is 129 cm³/mol. The summed E-state index contributed by atoms with van der Waals surface area (Å²) in [6, 6.07) is 11.9. The third-order valence-corrected chi connectivity index (χ3v) is 6.61. The van der Waals surface area contributed by atoms with Gasteiger partial charge >= 0.3 is 0 Å². The summed E-state index contributed by atoms with van der Waals surface area (Å²) < 4.78 is 5.62. The van der Waals surface area contributed by atoms with Crippen LogP contribution in [0.5, 0.6) is 5.75 Å². The molecule has 2 aliphatic heterocycles. The quantitative estimate of drug-likeness (QED) is 0.613. The molecule has 0 radical (unpaired) electrons. The Morgan fingerprint density at radius 1 is 1.24 bits per heavy atom. The number of aromatic nitrogens is 2. The van der Waals surface area contributed by atoms with Gasteiger partial charge in [0.05, 0.1) is 19.0 Å². The van der Waals surface area contributed by atoms with E-state index in [2.05, 4.69) is 26.1 Å². The number of terminal acetylenes is 1. The summed E-state index contributed by atoms with van der Waals surface area (Å²) >= 11 is 0. The summed E-state index contributed by atoms with van der Waals surface area (Å²) in [6.45, 7) is 3.72. The van der Waals surface area contributed by atoms with Gasteiger partial charge in [0.25, 0.3) is 0 Å². The fourth-order valence-corrected chi connectivity index (χ4v) is 4.87. The van der Waals surface area contributed by atoms with Gasteiger partial charge in [-0.05, 0) is 43.7 Å². The van der Waals surface area contributed by atoms with Crippen LogP contribution in [0.15, 0.2) is 42.7 Å². The molecule has 0 bridgehead atoms. The van der Waals surface area contributed by atoms with Gasteiger partial charge in [-0.2, -0.15) is 0 Å². The molecule has 2 saturated heterocycles. The first kappa shape index (κ1) is 21.2. The summed E-state index contributed by atoms with van der Waals surface area (Å²) in [5, 5.41) is 4.17. The third kappa shape index (κ3) is 4.35. The fraction of sp³-hybridized carbons (Fsp3) is 0.346. The number of benzene rings is 2. The number of anilines is 2. The number of hydrogen-bond acceptors (Lipinski definition) is 6. The highest BCUT2D eigenvalue weighted by Gasteiger charge is 2.32. The molecule has 2 aromatic carbocycles. The van der Waals surface area contributed by atoms with Gasteiger partial charge in [-0.1, -0.05) is 12.0 Å². The van der Waals surface area contributed by atoms with Crippen LogP contribution in [-0.4, -0.2) is 65.0 Å². The number of fused-ring (bicyclic) bond motifs is 2. The van der Waals surface area contributed by atoms with E-state index in [9.17, 15) is 4.79 Å². The molecule has 1 unspecified atom stereocenters. The number of ether oxygens (including phenoxy) is 1. The topological polar surface area (TPSA) is 70.6 Å². The molecule has 0 saturated carbocycles. The van der Waals surface area contributed by atoms with E-state index in [-0.39, 0.29) is 12.3 Å². The Kier molecular flexibility index (Phi) is 5.84. The van der Waals surface area contributed by atoms with Crippen LogP contribution in [-0.2, 0) is 11.2 Å². The molecule has 33 heavy (non-hydrogen) atoms.